The van der Waals surface area contributed by atoms with E-state index in [1.807, 2.05) is 6.92 Å². The van der Waals surface area contributed by atoms with Crippen LogP contribution >= 0.6 is 0 Å². The van der Waals surface area contributed by atoms with E-state index in [0.29, 0.717) is 17.9 Å². The second-order valence-corrected chi connectivity index (χ2v) is 3.45. The standard InChI is InChI=1S/C12H15NO4/c1-2-6-17-10-5-3-4-9(7-10)12(16)13-8-11(14)15/h3-5,7H,2,6,8H2,1H3,(H,13,16)(H,14,15). The molecule has 0 aromatic heterocycles. The van der Waals surface area contributed by atoms with Crippen molar-refractivity contribution in [2.75, 3.05) is 13.2 Å². The van der Waals surface area contributed by atoms with Crippen LogP contribution in [0.2, 0.25) is 0 Å². The summed E-state index contributed by atoms with van der Waals surface area (Å²) < 4.78 is 5.38. The van der Waals surface area contributed by atoms with Crippen LogP contribution in [0.25, 0.3) is 0 Å². The minimum absolute atomic E-state index is 0.389. The summed E-state index contributed by atoms with van der Waals surface area (Å²) in [4.78, 5) is 21.8. The maximum absolute atomic E-state index is 11.5. The van der Waals surface area contributed by atoms with Gasteiger partial charge in [0.25, 0.3) is 5.91 Å². The number of hydrogen-bond acceptors (Lipinski definition) is 3. The van der Waals surface area contributed by atoms with Gasteiger partial charge in [-0.3, -0.25) is 9.59 Å². The third-order valence-electron chi connectivity index (χ3n) is 1.97. The predicted octanol–water partition coefficient (Wildman–Crippen LogP) is 1.29. The molecule has 5 nitrogen and oxygen atoms in total. The number of carboxylic acid groups (broad SMARTS) is 1. The van der Waals surface area contributed by atoms with Crippen LogP contribution in [0.3, 0.4) is 0 Å². The monoisotopic (exact) mass is 237 g/mol. The maximum atomic E-state index is 11.5. The zero-order valence-electron chi connectivity index (χ0n) is 9.60. The van der Waals surface area contributed by atoms with Gasteiger partial charge in [-0.1, -0.05) is 13.0 Å². The smallest absolute Gasteiger partial charge is 0.322 e. The van der Waals surface area contributed by atoms with Gasteiger partial charge in [0.1, 0.15) is 12.3 Å². The van der Waals surface area contributed by atoms with E-state index in [9.17, 15) is 9.59 Å². The Morgan fingerprint density at radius 2 is 2.18 bits per heavy atom. The second-order valence-electron chi connectivity index (χ2n) is 3.45. The molecule has 0 fully saturated rings. The fraction of sp³-hybridized carbons (Fsp3) is 0.333. The first-order valence-electron chi connectivity index (χ1n) is 5.36. The van der Waals surface area contributed by atoms with Crippen molar-refractivity contribution in [3.05, 3.63) is 29.8 Å². The first-order valence-corrected chi connectivity index (χ1v) is 5.36. The number of hydrogen-bond donors (Lipinski definition) is 2. The van der Waals surface area contributed by atoms with Gasteiger partial charge in [-0.25, -0.2) is 0 Å². The number of benzene rings is 1. The van der Waals surface area contributed by atoms with E-state index in [0.717, 1.165) is 6.42 Å². The zero-order chi connectivity index (χ0) is 12.7. The van der Waals surface area contributed by atoms with Crippen molar-refractivity contribution < 1.29 is 19.4 Å². The number of carbonyl (C=O) groups excluding carboxylic acids is 1. The Balaban J connectivity index is 2.63. The van der Waals surface area contributed by atoms with Gasteiger partial charge in [0, 0.05) is 5.56 Å². The first kappa shape index (κ1) is 13.0. The van der Waals surface area contributed by atoms with Crippen LogP contribution < -0.4 is 10.1 Å². The number of aliphatic carboxylic acids is 1. The Kier molecular flexibility index (Phi) is 5.00. The number of amides is 1. The molecular weight excluding hydrogens is 222 g/mol. The quantitative estimate of drug-likeness (QED) is 0.781. The van der Waals surface area contributed by atoms with Gasteiger partial charge in [-0.15, -0.1) is 0 Å². The van der Waals surface area contributed by atoms with E-state index in [4.69, 9.17) is 9.84 Å². The molecule has 0 heterocycles. The molecule has 1 aromatic rings. The van der Waals surface area contributed by atoms with Crippen LogP contribution in [0.15, 0.2) is 24.3 Å². The van der Waals surface area contributed by atoms with Gasteiger partial charge in [0.05, 0.1) is 6.61 Å². The minimum atomic E-state index is -1.07. The van der Waals surface area contributed by atoms with E-state index in [-0.39, 0.29) is 0 Å². The summed E-state index contributed by atoms with van der Waals surface area (Å²) in [6.07, 6.45) is 0.884. The van der Waals surface area contributed by atoms with Crippen LogP contribution in [-0.2, 0) is 4.79 Å². The Bertz CT molecular complexity index is 403. The number of carboxylic acids is 1. The lowest BCUT2D eigenvalue weighted by Crippen LogP contribution is -2.29. The summed E-state index contributed by atoms with van der Waals surface area (Å²) in [6.45, 7) is 2.18. The molecular formula is C12H15NO4. The summed E-state index contributed by atoms with van der Waals surface area (Å²) in [7, 11) is 0. The Labute approximate surface area is 99.4 Å². The van der Waals surface area contributed by atoms with E-state index < -0.39 is 18.4 Å². The zero-order valence-corrected chi connectivity index (χ0v) is 9.60. The molecule has 0 saturated heterocycles. The molecule has 1 rings (SSSR count). The average Bonchev–Trinajstić information content (AvgIpc) is 2.33. The lowest BCUT2D eigenvalue weighted by Gasteiger charge is -2.06. The van der Waals surface area contributed by atoms with Crippen LogP contribution in [0.5, 0.6) is 5.75 Å². The topological polar surface area (TPSA) is 75.6 Å². The predicted molar refractivity (Wildman–Crippen MR) is 62.2 cm³/mol. The van der Waals surface area contributed by atoms with Gasteiger partial charge < -0.3 is 15.2 Å². The summed E-state index contributed by atoms with van der Waals surface area (Å²) in [5.74, 6) is -0.888. The third kappa shape index (κ3) is 4.55. The second kappa shape index (κ2) is 6.52. The van der Waals surface area contributed by atoms with Gasteiger partial charge >= 0.3 is 5.97 Å². The molecule has 0 spiro atoms. The molecule has 2 N–H and O–H groups in total. The van der Waals surface area contributed by atoms with E-state index in [1.165, 1.54) is 0 Å². The molecule has 0 radical (unpaired) electrons. The van der Waals surface area contributed by atoms with Gasteiger partial charge in [0.15, 0.2) is 0 Å². The fourth-order valence-corrected chi connectivity index (χ4v) is 1.20. The normalized spacial score (nSPS) is 9.71. The molecule has 0 saturated carbocycles. The van der Waals surface area contributed by atoms with Crippen LogP contribution in [-0.4, -0.2) is 30.1 Å². The van der Waals surface area contributed by atoms with Crippen molar-refractivity contribution in [3.63, 3.8) is 0 Å². The molecule has 0 atom stereocenters. The van der Waals surface area contributed by atoms with Crippen molar-refractivity contribution in [3.8, 4) is 5.75 Å². The first-order chi connectivity index (χ1) is 8.13. The van der Waals surface area contributed by atoms with Gasteiger partial charge in [0.2, 0.25) is 0 Å². The van der Waals surface area contributed by atoms with Crippen LogP contribution in [0, 0.1) is 0 Å². The molecule has 5 heteroatoms. The van der Waals surface area contributed by atoms with Gasteiger partial charge in [-0.05, 0) is 24.6 Å². The van der Waals surface area contributed by atoms with E-state index in [2.05, 4.69) is 5.32 Å². The molecule has 1 aromatic carbocycles. The van der Waals surface area contributed by atoms with E-state index >= 15 is 0 Å². The highest BCUT2D eigenvalue weighted by molar-refractivity contribution is 5.96. The summed E-state index contributed by atoms with van der Waals surface area (Å²) in [5.41, 5.74) is 0.389. The molecule has 0 unspecified atom stereocenters. The largest absolute Gasteiger partial charge is 0.494 e. The lowest BCUT2D eigenvalue weighted by atomic mass is 10.2. The molecule has 0 bridgehead atoms. The maximum Gasteiger partial charge on any atom is 0.322 e. The van der Waals surface area contributed by atoms with E-state index in [1.54, 1.807) is 24.3 Å². The summed E-state index contributed by atoms with van der Waals surface area (Å²) in [6, 6.07) is 6.65. The molecule has 1 amide bonds. The van der Waals surface area contributed by atoms with Crippen LogP contribution in [0.1, 0.15) is 23.7 Å². The van der Waals surface area contributed by atoms with Crippen molar-refractivity contribution in [2.45, 2.75) is 13.3 Å². The van der Waals surface area contributed by atoms with Crippen molar-refractivity contribution in [2.24, 2.45) is 0 Å². The molecule has 17 heavy (non-hydrogen) atoms. The molecule has 0 aliphatic carbocycles. The Morgan fingerprint density at radius 3 is 2.82 bits per heavy atom. The summed E-state index contributed by atoms with van der Waals surface area (Å²) >= 11 is 0. The van der Waals surface area contributed by atoms with Crippen molar-refractivity contribution >= 4 is 11.9 Å². The number of rotatable bonds is 6. The third-order valence-corrected chi connectivity index (χ3v) is 1.97. The fourth-order valence-electron chi connectivity index (χ4n) is 1.20. The summed E-state index contributed by atoms with van der Waals surface area (Å²) in [5, 5.41) is 10.7. The Hall–Kier alpha value is -2.04. The van der Waals surface area contributed by atoms with Crippen LogP contribution in [0.4, 0.5) is 0 Å². The Morgan fingerprint density at radius 1 is 1.41 bits per heavy atom. The molecule has 0 aliphatic heterocycles. The highest BCUT2D eigenvalue weighted by Gasteiger charge is 2.07. The minimum Gasteiger partial charge on any atom is -0.494 e. The average molecular weight is 237 g/mol. The highest BCUT2D eigenvalue weighted by atomic mass is 16.5. The SMILES string of the molecule is CCCOc1cccc(C(=O)NCC(=O)O)c1. The number of nitrogens with one attached hydrogen (secondary N) is 1. The number of ether oxygens (including phenoxy) is 1. The van der Waals surface area contributed by atoms with Crippen molar-refractivity contribution in [1.29, 1.82) is 0 Å². The lowest BCUT2D eigenvalue weighted by molar-refractivity contribution is -0.135. The molecule has 0 aliphatic rings. The molecule has 92 valence electrons. The van der Waals surface area contributed by atoms with Crippen molar-refractivity contribution in [1.82, 2.24) is 5.32 Å². The number of carbonyl (C=O) groups is 2. The van der Waals surface area contributed by atoms with Gasteiger partial charge in [-0.2, -0.15) is 0 Å². The highest BCUT2D eigenvalue weighted by Crippen LogP contribution is 2.13.